The van der Waals surface area contributed by atoms with E-state index in [1.807, 2.05) is 0 Å². The van der Waals surface area contributed by atoms with Crippen molar-refractivity contribution in [3.05, 3.63) is 29.6 Å². The van der Waals surface area contributed by atoms with E-state index in [1.54, 1.807) is 14.1 Å². The highest BCUT2D eigenvalue weighted by Gasteiger charge is 2.16. The summed E-state index contributed by atoms with van der Waals surface area (Å²) < 4.78 is 23.0. The molecule has 0 saturated carbocycles. The molecule has 124 valence electrons. The SMILES string of the molecule is CNCCN(C)C(=O)COc1ccc(F)cc1C(=O)OC.Cl. The second kappa shape index (κ2) is 9.97. The molecule has 0 radical (unpaired) electrons. The average molecular weight is 335 g/mol. The van der Waals surface area contributed by atoms with Gasteiger partial charge in [0.05, 0.1) is 7.11 Å². The highest BCUT2D eigenvalue weighted by atomic mass is 35.5. The molecule has 8 heteroatoms. The standard InChI is InChI=1S/C14H19FN2O4.ClH/c1-16-6-7-17(2)13(18)9-21-12-5-4-10(15)8-11(12)14(19)20-3;/h4-5,8,16H,6-7,9H2,1-3H3;1H. The van der Waals surface area contributed by atoms with Gasteiger partial charge < -0.3 is 19.7 Å². The van der Waals surface area contributed by atoms with Crippen molar-refractivity contribution in [1.29, 1.82) is 0 Å². The Kier molecular flexibility index (Phi) is 9.12. The normalized spacial score (nSPS) is 9.64. The Morgan fingerprint density at radius 3 is 2.64 bits per heavy atom. The van der Waals surface area contributed by atoms with Crippen LogP contribution in [0, 0.1) is 5.82 Å². The molecule has 0 aliphatic carbocycles. The van der Waals surface area contributed by atoms with Gasteiger partial charge in [0.1, 0.15) is 17.1 Å². The Bertz CT molecular complexity index is 514. The minimum atomic E-state index is -0.722. The van der Waals surface area contributed by atoms with Gasteiger partial charge in [-0.15, -0.1) is 12.4 Å². The lowest BCUT2D eigenvalue weighted by Crippen LogP contribution is -2.36. The number of carbonyl (C=O) groups excluding carboxylic acids is 2. The third-order valence-corrected chi connectivity index (χ3v) is 2.82. The molecule has 0 saturated heterocycles. The van der Waals surface area contributed by atoms with Gasteiger partial charge in [0, 0.05) is 20.1 Å². The molecule has 0 unspecified atom stereocenters. The fourth-order valence-electron chi connectivity index (χ4n) is 1.55. The molecule has 1 rings (SSSR count). The van der Waals surface area contributed by atoms with Gasteiger partial charge in [0.25, 0.3) is 5.91 Å². The number of esters is 1. The summed E-state index contributed by atoms with van der Waals surface area (Å²) in [5.41, 5.74) is -0.0526. The molecule has 0 bridgehead atoms. The zero-order chi connectivity index (χ0) is 15.8. The smallest absolute Gasteiger partial charge is 0.341 e. The lowest BCUT2D eigenvalue weighted by molar-refractivity contribution is -0.132. The maximum Gasteiger partial charge on any atom is 0.341 e. The first-order valence-electron chi connectivity index (χ1n) is 6.38. The van der Waals surface area contributed by atoms with Crippen LogP contribution in [0.4, 0.5) is 4.39 Å². The summed E-state index contributed by atoms with van der Waals surface area (Å²) in [5, 5.41) is 2.93. The molecular weight excluding hydrogens is 315 g/mol. The van der Waals surface area contributed by atoms with Crippen molar-refractivity contribution in [3.8, 4) is 5.75 Å². The number of nitrogens with zero attached hydrogens (tertiary/aromatic N) is 1. The number of carbonyl (C=O) groups is 2. The van der Waals surface area contributed by atoms with Crippen LogP contribution in [0.15, 0.2) is 18.2 Å². The number of methoxy groups -OCH3 is 1. The van der Waals surface area contributed by atoms with Gasteiger partial charge in [0.2, 0.25) is 0 Å². The lowest BCUT2D eigenvalue weighted by atomic mass is 10.2. The number of hydrogen-bond acceptors (Lipinski definition) is 5. The van der Waals surface area contributed by atoms with Crippen LogP contribution < -0.4 is 10.1 Å². The van der Waals surface area contributed by atoms with Crippen LogP contribution in [0.5, 0.6) is 5.75 Å². The van der Waals surface area contributed by atoms with Gasteiger partial charge in [-0.05, 0) is 25.2 Å². The fraction of sp³-hybridized carbons (Fsp3) is 0.429. The van der Waals surface area contributed by atoms with Gasteiger partial charge in [-0.3, -0.25) is 4.79 Å². The number of halogens is 2. The molecule has 1 amide bonds. The first-order valence-corrected chi connectivity index (χ1v) is 6.38. The Balaban J connectivity index is 0.00000441. The lowest BCUT2D eigenvalue weighted by Gasteiger charge is -2.17. The summed E-state index contributed by atoms with van der Waals surface area (Å²) >= 11 is 0. The second-order valence-corrected chi connectivity index (χ2v) is 4.34. The molecule has 0 atom stereocenters. The zero-order valence-electron chi connectivity index (χ0n) is 12.7. The van der Waals surface area contributed by atoms with Gasteiger partial charge >= 0.3 is 5.97 Å². The first-order chi connectivity index (χ1) is 9.99. The molecule has 1 N–H and O–H groups in total. The summed E-state index contributed by atoms with van der Waals surface area (Å²) in [7, 11) is 4.62. The molecule has 0 aliphatic rings. The van der Waals surface area contributed by atoms with Gasteiger partial charge in [-0.2, -0.15) is 0 Å². The van der Waals surface area contributed by atoms with Crippen LogP contribution in [0.2, 0.25) is 0 Å². The number of nitrogens with one attached hydrogen (secondary N) is 1. The zero-order valence-corrected chi connectivity index (χ0v) is 13.5. The molecule has 22 heavy (non-hydrogen) atoms. The Morgan fingerprint density at radius 2 is 2.05 bits per heavy atom. The molecule has 1 aromatic carbocycles. The molecule has 6 nitrogen and oxygen atoms in total. The highest BCUT2D eigenvalue weighted by Crippen LogP contribution is 2.20. The van der Waals surface area contributed by atoms with Crippen molar-refractivity contribution in [2.24, 2.45) is 0 Å². The Morgan fingerprint density at radius 1 is 1.36 bits per heavy atom. The maximum absolute atomic E-state index is 13.2. The van der Waals surface area contributed by atoms with E-state index in [2.05, 4.69) is 10.1 Å². The largest absolute Gasteiger partial charge is 0.483 e. The summed E-state index contributed by atoms with van der Waals surface area (Å²) in [5.74, 6) is -1.44. The molecule has 0 aromatic heterocycles. The van der Waals surface area contributed by atoms with Gasteiger partial charge in [-0.1, -0.05) is 0 Å². The van der Waals surface area contributed by atoms with E-state index in [0.29, 0.717) is 13.1 Å². The molecule has 1 aromatic rings. The minimum absolute atomic E-state index is 0. The predicted octanol–water partition coefficient (Wildman–Crippen LogP) is 1.09. The number of ether oxygens (including phenoxy) is 2. The van der Waals surface area contributed by atoms with Crippen LogP contribution in [-0.4, -0.2) is 57.7 Å². The molecule has 0 fully saturated rings. The first kappa shape index (κ1) is 20.1. The van der Waals surface area contributed by atoms with E-state index < -0.39 is 11.8 Å². The monoisotopic (exact) mass is 334 g/mol. The Labute approximate surface area is 135 Å². The number of benzene rings is 1. The van der Waals surface area contributed by atoms with Crippen LogP contribution in [0.1, 0.15) is 10.4 Å². The van der Waals surface area contributed by atoms with E-state index in [1.165, 1.54) is 18.1 Å². The fourth-order valence-corrected chi connectivity index (χ4v) is 1.55. The topological polar surface area (TPSA) is 67.9 Å². The van der Waals surface area contributed by atoms with Crippen molar-refractivity contribution in [1.82, 2.24) is 10.2 Å². The third-order valence-electron chi connectivity index (χ3n) is 2.82. The number of rotatable bonds is 7. The van der Waals surface area contributed by atoms with E-state index >= 15 is 0 Å². The van der Waals surface area contributed by atoms with E-state index in [9.17, 15) is 14.0 Å². The number of amides is 1. The second-order valence-electron chi connectivity index (χ2n) is 4.34. The molecule has 0 heterocycles. The van der Waals surface area contributed by atoms with E-state index in [4.69, 9.17) is 4.74 Å². The van der Waals surface area contributed by atoms with Gasteiger partial charge in [0.15, 0.2) is 6.61 Å². The summed E-state index contributed by atoms with van der Waals surface area (Å²) in [6.07, 6.45) is 0. The van der Waals surface area contributed by atoms with Crippen molar-refractivity contribution in [2.45, 2.75) is 0 Å². The molecular formula is C14H20ClFN2O4. The van der Waals surface area contributed by atoms with Crippen molar-refractivity contribution in [3.63, 3.8) is 0 Å². The maximum atomic E-state index is 13.2. The summed E-state index contributed by atoms with van der Waals surface area (Å²) in [4.78, 5) is 24.9. The highest BCUT2D eigenvalue weighted by molar-refractivity contribution is 5.92. The van der Waals surface area contributed by atoms with Crippen molar-refractivity contribution in [2.75, 3.05) is 40.9 Å². The third kappa shape index (κ3) is 5.87. The molecule has 0 aliphatic heterocycles. The van der Waals surface area contributed by atoms with E-state index in [0.717, 1.165) is 12.1 Å². The van der Waals surface area contributed by atoms with E-state index in [-0.39, 0.29) is 36.2 Å². The van der Waals surface area contributed by atoms with Crippen LogP contribution in [0.3, 0.4) is 0 Å². The van der Waals surface area contributed by atoms with Crippen molar-refractivity contribution < 1.29 is 23.5 Å². The predicted molar refractivity (Wildman–Crippen MR) is 82.0 cm³/mol. The van der Waals surface area contributed by atoms with Crippen molar-refractivity contribution >= 4 is 24.3 Å². The quantitative estimate of drug-likeness (QED) is 0.756. The van der Waals surface area contributed by atoms with Crippen LogP contribution in [-0.2, 0) is 9.53 Å². The summed E-state index contributed by atoms with van der Waals surface area (Å²) in [6, 6.07) is 3.45. The van der Waals surface area contributed by atoms with Gasteiger partial charge in [-0.25, -0.2) is 9.18 Å². The van der Waals surface area contributed by atoms with Crippen LogP contribution >= 0.6 is 12.4 Å². The molecule has 0 spiro atoms. The number of likely N-dealkylation sites (N-methyl/N-ethyl adjacent to an activating group) is 2. The van der Waals surface area contributed by atoms with Crippen LogP contribution in [0.25, 0.3) is 0 Å². The average Bonchev–Trinajstić information content (AvgIpc) is 2.49. The Hall–Kier alpha value is -1.86. The minimum Gasteiger partial charge on any atom is -0.483 e. The number of hydrogen-bond donors (Lipinski definition) is 1. The summed E-state index contributed by atoms with van der Waals surface area (Å²) in [6.45, 7) is 0.952.